The van der Waals surface area contributed by atoms with E-state index in [1.54, 1.807) is 24.5 Å². The number of nitrogens with one attached hydrogen (secondary N) is 2. The van der Waals surface area contributed by atoms with Crippen LogP contribution in [0.4, 0.5) is 5.00 Å². The number of hydrogen-bond acceptors (Lipinski definition) is 6. The van der Waals surface area contributed by atoms with Crippen molar-refractivity contribution in [3.8, 4) is 6.07 Å². The average molecular weight is 370 g/mol. The number of aromatic nitrogens is 1. The Kier molecular flexibility index (Phi) is 5.02. The highest BCUT2D eigenvalue weighted by molar-refractivity contribution is 7.16. The summed E-state index contributed by atoms with van der Waals surface area (Å²) in [5.74, 6) is -1.55. The number of fused-ring (bicyclic) bond motifs is 1. The van der Waals surface area contributed by atoms with Gasteiger partial charge in [-0.25, -0.2) is 0 Å². The van der Waals surface area contributed by atoms with E-state index in [1.165, 1.54) is 11.3 Å². The van der Waals surface area contributed by atoms with Gasteiger partial charge < -0.3 is 15.4 Å². The molecule has 3 rings (SSSR count). The van der Waals surface area contributed by atoms with Gasteiger partial charge in [-0.1, -0.05) is 0 Å². The Morgan fingerprint density at radius 1 is 1.35 bits per heavy atom. The number of thiophene rings is 1. The lowest BCUT2D eigenvalue weighted by Gasteiger charge is -2.29. The van der Waals surface area contributed by atoms with Gasteiger partial charge >= 0.3 is 11.8 Å². The van der Waals surface area contributed by atoms with Crippen LogP contribution in [0.25, 0.3) is 0 Å². The number of nitrogens with zero attached hydrogens (tertiary/aromatic N) is 2. The number of ether oxygens (including phenoxy) is 1. The van der Waals surface area contributed by atoms with E-state index in [4.69, 9.17) is 4.74 Å². The first kappa shape index (κ1) is 18.0. The van der Waals surface area contributed by atoms with Gasteiger partial charge in [0.15, 0.2) is 0 Å². The summed E-state index contributed by atoms with van der Waals surface area (Å²) < 4.78 is 5.75. The zero-order valence-electron chi connectivity index (χ0n) is 14.5. The van der Waals surface area contributed by atoms with Crippen molar-refractivity contribution < 1.29 is 14.3 Å². The van der Waals surface area contributed by atoms with Gasteiger partial charge in [0.1, 0.15) is 11.1 Å². The molecule has 0 unspecified atom stereocenters. The Morgan fingerprint density at radius 2 is 2.08 bits per heavy atom. The van der Waals surface area contributed by atoms with Crippen LogP contribution < -0.4 is 10.6 Å². The molecule has 0 fully saturated rings. The lowest BCUT2D eigenvalue weighted by Crippen LogP contribution is -2.35. The van der Waals surface area contributed by atoms with Gasteiger partial charge in [-0.15, -0.1) is 11.3 Å². The molecule has 1 aliphatic rings. The number of nitriles is 1. The van der Waals surface area contributed by atoms with Crippen LogP contribution in [0.2, 0.25) is 0 Å². The van der Waals surface area contributed by atoms with E-state index < -0.39 is 11.8 Å². The maximum absolute atomic E-state index is 12.2. The number of rotatable bonds is 3. The highest BCUT2D eigenvalue weighted by Crippen LogP contribution is 2.39. The Hall–Kier alpha value is -2.76. The predicted octanol–water partition coefficient (Wildman–Crippen LogP) is 2.12. The van der Waals surface area contributed by atoms with Crippen molar-refractivity contribution in [3.63, 3.8) is 0 Å². The van der Waals surface area contributed by atoms with Gasteiger partial charge in [-0.05, 0) is 37.1 Å². The molecule has 7 nitrogen and oxygen atoms in total. The highest BCUT2D eigenvalue weighted by Gasteiger charge is 2.32. The lowest BCUT2D eigenvalue weighted by molar-refractivity contribution is -0.136. The van der Waals surface area contributed by atoms with Crippen molar-refractivity contribution in [2.75, 3.05) is 5.32 Å². The Bertz CT molecular complexity index is 884. The molecule has 0 radical (unpaired) electrons. The van der Waals surface area contributed by atoms with Gasteiger partial charge in [-0.3, -0.25) is 14.6 Å². The normalized spacial score (nSPS) is 14.8. The van der Waals surface area contributed by atoms with Crippen molar-refractivity contribution in [1.29, 1.82) is 5.26 Å². The molecule has 2 N–H and O–H groups in total. The topological polar surface area (TPSA) is 104 Å². The van der Waals surface area contributed by atoms with Gasteiger partial charge in [-0.2, -0.15) is 5.26 Å². The molecule has 0 spiro atoms. The second-order valence-corrected chi connectivity index (χ2v) is 7.64. The fourth-order valence-corrected chi connectivity index (χ4v) is 3.76. The van der Waals surface area contributed by atoms with Gasteiger partial charge in [0.05, 0.1) is 17.8 Å². The van der Waals surface area contributed by atoms with E-state index >= 15 is 0 Å². The van der Waals surface area contributed by atoms with E-state index in [1.807, 2.05) is 13.8 Å². The molecule has 26 heavy (non-hydrogen) atoms. The average Bonchev–Trinajstić information content (AvgIpc) is 2.95. The molecule has 0 bridgehead atoms. The monoisotopic (exact) mass is 370 g/mol. The quantitative estimate of drug-likeness (QED) is 0.806. The van der Waals surface area contributed by atoms with Crippen LogP contribution in [0, 0.1) is 11.3 Å². The van der Waals surface area contributed by atoms with Crippen LogP contribution in [0.5, 0.6) is 0 Å². The molecule has 3 heterocycles. The third kappa shape index (κ3) is 3.90. The third-order valence-electron chi connectivity index (χ3n) is 4.03. The maximum atomic E-state index is 12.2. The summed E-state index contributed by atoms with van der Waals surface area (Å²) in [4.78, 5) is 29.0. The summed E-state index contributed by atoms with van der Waals surface area (Å²) >= 11 is 1.28. The first-order chi connectivity index (χ1) is 12.4. The molecule has 2 amide bonds. The molecule has 0 atom stereocenters. The molecular weight excluding hydrogens is 352 g/mol. The van der Waals surface area contributed by atoms with Crippen LogP contribution in [-0.2, 0) is 33.9 Å². The van der Waals surface area contributed by atoms with Crippen molar-refractivity contribution in [1.82, 2.24) is 10.3 Å². The number of carbonyl (C=O) groups excluding carboxylic acids is 2. The van der Waals surface area contributed by atoms with Crippen molar-refractivity contribution in [2.24, 2.45) is 0 Å². The molecule has 1 aliphatic heterocycles. The summed E-state index contributed by atoms with van der Waals surface area (Å²) in [5, 5.41) is 15.0. The standard InChI is InChI=1S/C18H18N4O3S/c1-18(2)7-12-13(8-19)17(26-14(12)10-25-18)22-16(24)15(23)21-9-11-3-5-20-6-4-11/h3-6H,7,9-10H2,1-2H3,(H,21,23)(H,22,24). The predicted molar refractivity (Wildman–Crippen MR) is 96.3 cm³/mol. The minimum atomic E-state index is -0.797. The number of anilines is 1. The van der Waals surface area contributed by atoms with Crippen LogP contribution >= 0.6 is 11.3 Å². The molecule has 0 aromatic carbocycles. The third-order valence-corrected chi connectivity index (χ3v) is 5.16. The zero-order valence-corrected chi connectivity index (χ0v) is 15.3. The van der Waals surface area contributed by atoms with Crippen LogP contribution in [-0.4, -0.2) is 22.4 Å². The molecule has 0 saturated carbocycles. The van der Waals surface area contributed by atoms with Crippen molar-refractivity contribution in [3.05, 3.63) is 46.1 Å². The summed E-state index contributed by atoms with van der Waals surface area (Å²) in [6, 6.07) is 5.65. The van der Waals surface area contributed by atoms with E-state index in [-0.39, 0.29) is 12.1 Å². The van der Waals surface area contributed by atoms with Gasteiger partial charge in [0.25, 0.3) is 0 Å². The fourth-order valence-electron chi connectivity index (χ4n) is 2.68. The Balaban J connectivity index is 1.69. The molecule has 0 saturated heterocycles. The summed E-state index contributed by atoms with van der Waals surface area (Å²) in [6.07, 6.45) is 3.81. The molecular formula is C18H18N4O3S. The molecule has 2 aromatic rings. The number of pyridine rings is 1. The smallest absolute Gasteiger partial charge is 0.314 e. The largest absolute Gasteiger partial charge is 0.370 e. The van der Waals surface area contributed by atoms with Crippen LogP contribution in [0.1, 0.15) is 35.4 Å². The molecule has 2 aromatic heterocycles. The first-order valence-corrected chi connectivity index (χ1v) is 8.88. The van der Waals surface area contributed by atoms with Gasteiger partial charge in [0.2, 0.25) is 0 Å². The minimum Gasteiger partial charge on any atom is -0.370 e. The molecule has 134 valence electrons. The molecule has 8 heteroatoms. The molecule has 0 aliphatic carbocycles. The Labute approximate surface area is 155 Å². The number of hydrogen-bond donors (Lipinski definition) is 2. The zero-order chi connectivity index (χ0) is 18.7. The SMILES string of the molecule is CC1(C)Cc2c(sc(NC(=O)C(=O)NCc3ccncc3)c2C#N)CO1. The van der Waals surface area contributed by atoms with Crippen molar-refractivity contribution >= 4 is 28.2 Å². The van der Waals surface area contributed by atoms with E-state index in [0.717, 1.165) is 16.0 Å². The Morgan fingerprint density at radius 3 is 2.77 bits per heavy atom. The first-order valence-electron chi connectivity index (χ1n) is 8.06. The van der Waals surface area contributed by atoms with Crippen LogP contribution in [0.3, 0.4) is 0 Å². The second-order valence-electron chi connectivity index (χ2n) is 6.54. The van der Waals surface area contributed by atoms with E-state index in [0.29, 0.717) is 23.6 Å². The summed E-state index contributed by atoms with van der Waals surface area (Å²) in [7, 11) is 0. The lowest BCUT2D eigenvalue weighted by atomic mass is 9.93. The highest BCUT2D eigenvalue weighted by atomic mass is 32.1. The minimum absolute atomic E-state index is 0.225. The van der Waals surface area contributed by atoms with E-state index in [9.17, 15) is 14.9 Å². The maximum Gasteiger partial charge on any atom is 0.314 e. The van der Waals surface area contributed by atoms with Crippen molar-refractivity contribution in [2.45, 2.75) is 39.0 Å². The van der Waals surface area contributed by atoms with E-state index in [2.05, 4.69) is 21.7 Å². The second kappa shape index (κ2) is 7.23. The summed E-state index contributed by atoms with van der Waals surface area (Å²) in [6.45, 7) is 4.54. The number of carbonyl (C=O) groups is 2. The van der Waals surface area contributed by atoms with Crippen LogP contribution in [0.15, 0.2) is 24.5 Å². The number of amides is 2. The summed E-state index contributed by atoms with van der Waals surface area (Å²) in [5.41, 5.74) is 1.78. The van der Waals surface area contributed by atoms with Gasteiger partial charge in [0, 0.05) is 30.2 Å². The fraction of sp³-hybridized carbons (Fsp3) is 0.333.